The zero-order valence-electron chi connectivity index (χ0n) is 12.1. The van der Waals surface area contributed by atoms with Crippen LogP contribution in [0.1, 0.15) is 30.8 Å². The summed E-state index contributed by atoms with van der Waals surface area (Å²) in [5.41, 5.74) is 0.0542. The van der Waals surface area contributed by atoms with E-state index in [1.807, 2.05) is 13.8 Å². The van der Waals surface area contributed by atoms with Crippen molar-refractivity contribution in [3.05, 3.63) is 24.0 Å². The zero-order valence-corrected chi connectivity index (χ0v) is 12.1. The van der Waals surface area contributed by atoms with Gasteiger partial charge in [-0.3, -0.25) is 9.78 Å². The van der Waals surface area contributed by atoms with E-state index < -0.39 is 25.0 Å². The Labute approximate surface area is 122 Å². The smallest absolute Gasteiger partial charge is 0.272 e. The predicted molar refractivity (Wildman–Crippen MR) is 73.5 cm³/mol. The van der Waals surface area contributed by atoms with Crippen LogP contribution in [0.2, 0.25) is 0 Å². The van der Waals surface area contributed by atoms with E-state index in [2.05, 4.69) is 10.3 Å². The maximum absolute atomic E-state index is 12.0. The summed E-state index contributed by atoms with van der Waals surface area (Å²) in [4.78, 5) is 15.7. The van der Waals surface area contributed by atoms with Crippen molar-refractivity contribution in [3.63, 3.8) is 0 Å². The van der Waals surface area contributed by atoms with Gasteiger partial charge in [0.05, 0.1) is 6.10 Å². The molecule has 0 bridgehead atoms. The van der Waals surface area contributed by atoms with E-state index in [0.29, 0.717) is 12.3 Å². The van der Waals surface area contributed by atoms with Crippen molar-refractivity contribution in [2.75, 3.05) is 13.2 Å². The number of aromatic nitrogens is 1. The number of hydrogen-bond acceptors (Lipinski definition) is 4. The molecule has 0 aliphatic carbocycles. The molecule has 0 saturated heterocycles. The Bertz CT molecular complexity index is 456. The highest BCUT2D eigenvalue weighted by Crippen LogP contribution is 2.12. The lowest BCUT2D eigenvalue weighted by atomic mass is 10.1. The molecular formula is C14H20F2N2O3. The first-order valence-corrected chi connectivity index (χ1v) is 6.71. The predicted octanol–water partition coefficient (Wildman–Crippen LogP) is 1.86. The third kappa shape index (κ3) is 6.99. The molecule has 1 heterocycles. The first-order chi connectivity index (χ1) is 9.88. The summed E-state index contributed by atoms with van der Waals surface area (Å²) in [5.74, 6) is -0.0143. The lowest BCUT2D eigenvalue weighted by molar-refractivity contribution is 0.0816. The number of pyridine rings is 1. The summed E-state index contributed by atoms with van der Waals surface area (Å²) in [6, 6.07) is 2.68. The molecule has 5 nitrogen and oxygen atoms in total. The van der Waals surface area contributed by atoms with Gasteiger partial charge in [-0.15, -0.1) is 0 Å². The van der Waals surface area contributed by atoms with Crippen LogP contribution in [0.5, 0.6) is 5.75 Å². The van der Waals surface area contributed by atoms with Crippen LogP contribution in [0, 0.1) is 5.92 Å². The molecule has 0 saturated carbocycles. The molecular weight excluding hydrogens is 282 g/mol. The van der Waals surface area contributed by atoms with Gasteiger partial charge in [0, 0.05) is 18.8 Å². The van der Waals surface area contributed by atoms with Gasteiger partial charge >= 0.3 is 0 Å². The average Bonchev–Trinajstić information content (AvgIpc) is 2.42. The second-order valence-electron chi connectivity index (χ2n) is 5.07. The van der Waals surface area contributed by atoms with Gasteiger partial charge in [-0.05, 0) is 18.4 Å². The lowest BCUT2D eigenvalue weighted by Gasteiger charge is -2.13. The summed E-state index contributed by atoms with van der Waals surface area (Å²) in [7, 11) is 0. The van der Waals surface area contributed by atoms with E-state index >= 15 is 0 Å². The lowest BCUT2D eigenvalue weighted by Crippen LogP contribution is -2.33. The number of nitrogens with zero attached hydrogens (tertiary/aromatic N) is 1. The second kappa shape index (κ2) is 8.51. The number of rotatable bonds is 8. The van der Waals surface area contributed by atoms with Crippen LogP contribution in [0.4, 0.5) is 8.78 Å². The fourth-order valence-corrected chi connectivity index (χ4v) is 1.71. The van der Waals surface area contributed by atoms with Crippen LogP contribution in [-0.4, -0.2) is 41.7 Å². The zero-order chi connectivity index (χ0) is 15.8. The van der Waals surface area contributed by atoms with Crippen molar-refractivity contribution in [1.29, 1.82) is 0 Å². The molecule has 118 valence electrons. The SMILES string of the molecule is CC(C)CC(O)CNC(=O)c1cc(OCC(F)F)ccn1. The molecule has 0 radical (unpaired) electrons. The van der Waals surface area contributed by atoms with E-state index in [1.165, 1.54) is 18.3 Å². The number of amides is 1. The van der Waals surface area contributed by atoms with Crippen molar-refractivity contribution >= 4 is 5.91 Å². The van der Waals surface area contributed by atoms with Gasteiger partial charge in [-0.1, -0.05) is 13.8 Å². The molecule has 0 fully saturated rings. The van der Waals surface area contributed by atoms with Crippen LogP contribution in [0.3, 0.4) is 0 Å². The molecule has 2 N–H and O–H groups in total. The second-order valence-corrected chi connectivity index (χ2v) is 5.07. The van der Waals surface area contributed by atoms with Crippen LogP contribution in [0.15, 0.2) is 18.3 Å². The highest BCUT2D eigenvalue weighted by molar-refractivity contribution is 5.92. The Kier molecular flexibility index (Phi) is 7.01. The van der Waals surface area contributed by atoms with Gasteiger partial charge in [0.25, 0.3) is 12.3 Å². The Morgan fingerprint density at radius 3 is 2.81 bits per heavy atom. The molecule has 21 heavy (non-hydrogen) atoms. The molecule has 1 aromatic heterocycles. The molecule has 1 aromatic rings. The Hall–Kier alpha value is -1.76. The number of aliphatic hydroxyl groups is 1. The molecule has 0 aliphatic heterocycles. The van der Waals surface area contributed by atoms with Crippen LogP contribution < -0.4 is 10.1 Å². The average molecular weight is 302 g/mol. The normalized spacial score (nSPS) is 12.5. The number of nitrogens with one attached hydrogen (secondary N) is 1. The molecule has 1 atom stereocenters. The fourth-order valence-electron chi connectivity index (χ4n) is 1.71. The molecule has 1 rings (SSSR count). The first kappa shape index (κ1) is 17.3. The van der Waals surface area contributed by atoms with Crippen molar-refractivity contribution < 1.29 is 23.4 Å². The fraction of sp³-hybridized carbons (Fsp3) is 0.571. The van der Waals surface area contributed by atoms with E-state index in [1.54, 1.807) is 0 Å². The molecule has 0 spiro atoms. The van der Waals surface area contributed by atoms with Gasteiger partial charge in [0.15, 0.2) is 0 Å². The number of aliphatic hydroxyl groups excluding tert-OH is 1. The van der Waals surface area contributed by atoms with Gasteiger partial charge in [0.1, 0.15) is 18.1 Å². The minimum Gasteiger partial charge on any atom is -0.488 e. The maximum atomic E-state index is 12.0. The number of ether oxygens (including phenoxy) is 1. The monoisotopic (exact) mass is 302 g/mol. The number of carbonyl (C=O) groups is 1. The van der Waals surface area contributed by atoms with Gasteiger partial charge in [0.2, 0.25) is 0 Å². The number of alkyl halides is 2. The summed E-state index contributed by atoms with van der Waals surface area (Å²) in [6.45, 7) is 3.31. The number of hydrogen-bond donors (Lipinski definition) is 2. The number of halogens is 2. The van der Waals surface area contributed by atoms with Crippen LogP contribution >= 0.6 is 0 Å². The molecule has 7 heteroatoms. The van der Waals surface area contributed by atoms with E-state index in [0.717, 1.165) is 0 Å². The van der Waals surface area contributed by atoms with Crippen LogP contribution in [0.25, 0.3) is 0 Å². The van der Waals surface area contributed by atoms with Crippen molar-refractivity contribution in [2.45, 2.75) is 32.8 Å². The quantitative estimate of drug-likeness (QED) is 0.769. The first-order valence-electron chi connectivity index (χ1n) is 6.71. The van der Waals surface area contributed by atoms with E-state index in [-0.39, 0.29) is 18.0 Å². The topological polar surface area (TPSA) is 71.5 Å². The summed E-state index contributed by atoms with van der Waals surface area (Å²) in [6.07, 6.45) is -1.33. The standard InChI is InChI=1S/C14H20F2N2O3/c1-9(2)5-10(19)7-18-14(20)12-6-11(3-4-17-12)21-8-13(15)16/h3-4,6,9-10,13,19H,5,7-8H2,1-2H3,(H,18,20). The van der Waals surface area contributed by atoms with Crippen molar-refractivity contribution in [2.24, 2.45) is 5.92 Å². The largest absolute Gasteiger partial charge is 0.488 e. The molecule has 1 amide bonds. The summed E-state index contributed by atoms with van der Waals surface area (Å²) in [5, 5.41) is 12.2. The Balaban J connectivity index is 2.52. The number of carbonyl (C=O) groups excluding carboxylic acids is 1. The highest BCUT2D eigenvalue weighted by Gasteiger charge is 2.12. The minimum absolute atomic E-state index is 0.0542. The molecule has 1 unspecified atom stereocenters. The summed E-state index contributed by atoms with van der Waals surface area (Å²) < 4.78 is 28.9. The highest BCUT2D eigenvalue weighted by atomic mass is 19.3. The van der Waals surface area contributed by atoms with Crippen LogP contribution in [-0.2, 0) is 0 Å². The third-order valence-corrected chi connectivity index (χ3v) is 2.58. The summed E-state index contributed by atoms with van der Waals surface area (Å²) >= 11 is 0. The maximum Gasteiger partial charge on any atom is 0.272 e. The van der Waals surface area contributed by atoms with Crippen molar-refractivity contribution in [3.8, 4) is 5.75 Å². The Morgan fingerprint density at radius 1 is 1.48 bits per heavy atom. The van der Waals surface area contributed by atoms with Crippen molar-refractivity contribution in [1.82, 2.24) is 10.3 Å². The van der Waals surface area contributed by atoms with E-state index in [4.69, 9.17) is 4.74 Å². The molecule has 0 aromatic carbocycles. The van der Waals surface area contributed by atoms with Gasteiger partial charge < -0.3 is 15.2 Å². The van der Waals surface area contributed by atoms with Gasteiger partial charge in [-0.2, -0.15) is 0 Å². The minimum atomic E-state index is -2.58. The molecule has 0 aliphatic rings. The van der Waals surface area contributed by atoms with Gasteiger partial charge in [-0.25, -0.2) is 8.78 Å². The Morgan fingerprint density at radius 2 is 2.19 bits per heavy atom. The van der Waals surface area contributed by atoms with E-state index in [9.17, 15) is 18.7 Å². The third-order valence-electron chi connectivity index (χ3n) is 2.58.